The van der Waals surface area contributed by atoms with Crippen molar-refractivity contribution in [3.63, 3.8) is 0 Å². The van der Waals surface area contributed by atoms with Crippen LogP contribution in [0.25, 0.3) is 0 Å². The zero-order valence-electron chi connectivity index (χ0n) is 9.43. The molecule has 3 N–H and O–H groups in total. The molecule has 17 heavy (non-hydrogen) atoms. The molecule has 0 atom stereocenters. The molecule has 5 nitrogen and oxygen atoms in total. The zero-order valence-corrected chi connectivity index (χ0v) is 9.43. The van der Waals surface area contributed by atoms with Gasteiger partial charge in [-0.1, -0.05) is 24.3 Å². The Bertz CT molecular complexity index is 534. The largest absolute Gasteiger partial charge is 0.431 e. The third kappa shape index (κ3) is 2.63. The number of benzene rings is 1. The molecule has 0 aliphatic rings. The summed E-state index contributed by atoms with van der Waals surface area (Å²) in [6.07, 6.45) is 1.24. The average molecular weight is 231 g/mol. The third-order valence-corrected chi connectivity index (χ3v) is 2.46. The predicted molar refractivity (Wildman–Crippen MR) is 63.3 cm³/mol. The standard InChI is InChI=1S/C12H13N3O2/c1-8-4-2-3-5-9(8)6-14-11(16)10-7-17-12(13)15-10/h2-5,7H,6H2,1H3,(H2,13,15)(H,14,16). The highest BCUT2D eigenvalue weighted by molar-refractivity contribution is 5.92. The van der Waals surface area contributed by atoms with Gasteiger partial charge in [0.25, 0.3) is 11.9 Å². The van der Waals surface area contributed by atoms with Crippen molar-refractivity contribution in [1.82, 2.24) is 10.3 Å². The first-order valence-electron chi connectivity index (χ1n) is 5.20. The fourth-order valence-corrected chi connectivity index (χ4v) is 1.47. The van der Waals surface area contributed by atoms with Crippen LogP contribution in [-0.2, 0) is 6.54 Å². The fourth-order valence-electron chi connectivity index (χ4n) is 1.47. The van der Waals surface area contributed by atoms with E-state index >= 15 is 0 Å². The lowest BCUT2D eigenvalue weighted by Crippen LogP contribution is -2.23. The molecule has 1 aromatic carbocycles. The van der Waals surface area contributed by atoms with E-state index in [0.717, 1.165) is 11.1 Å². The fraction of sp³-hybridized carbons (Fsp3) is 0.167. The van der Waals surface area contributed by atoms with Gasteiger partial charge >= 0.3 is 0 Å². The van der Waals surface area contributed by atoms with Gasteiger partial charge in [0.15, 0.2) is 5.69 Å². The number of carbonyl (C=O) groups excluding carboxylic acids is 1. The normalized spacial score (nSPS) is 10.2. The van der Waals surface area contributed by atoms with E-state index in [0.29, 0.717) is 6.54 Å². The molecule has 0 saturated heterocycles. The number of aryl methyl sites for hydroxylation is 1. The molecule has 0 fully saturated rings. The van der Waals surface area contributed by atoms with E-state index in [-0.39, 0.29) is 17.6 Å². The number of aromatic nitrogens is 1. The summed E-state index contributed by atoms with van der Waals surface area (Å²) in [5.74, 6) is -0.297. The minimum absolute atomic E-state index is 0.00829. The predicted octanol–water partition coefficient (Wildman–Crippen LogP) is 1.50. The van der Waals surface area contributed by atoms with Crippen molar-refractivity contribution in [2.45, 2.75) is 13.5 Å². The topological polar surface area (TPSA) is 81.2 Å². The van der Waals surface area contributed by atoms with Gasteiger partial charge in [0, 0.05) is 6.54 Å². The van der Waals surface area contributed by atoms with Crippen molar-refractivity contribution in [3.05, 3.63) is 47.3 Å². The second-order valence-corrected chi connectivity index (χ2v) is 3.68. The summed E-state index contributed by atoms with van der Waals surface area (Å²) in [5.41, 5.74) is 7.68. The number of nitrogens with one attached hydrogen (secondary N) is 1. The molecule has 1 heterocycles. The van der Waals surface area contributed by atoms with Gasteiger partial charge in [-0.2, -0.15) is 4.98 Å². The van der Waals surface area contributed by atoms with Gasteiger partial charge in [0.1, 0.15) is 6.26 Å². The van der Waals surface area contributed by atoms with Crippen LogP contribution >= 0.6 is 0 Å². The summed E-state index contributed by atoms with van der Waals surface area (Å²) in [4.78, 5) is 15.4. The molecule has 2 rings (SSSR count). The van der Waals surface area contributed by atoms with Crippen molar-refractivity contribution in [3.8, 4) is 0 Å². The maximum absolute atomic E-state index is 11.7. The third-order valence-electron chi connectivity index (χ3n) is 2.46. The minimum atomic E-state index is -0.297. The molecule has 1 amide bonds. The highest BCUT2D eigenvalue weighted by Gasteiger charge is 2.10. The molecule has 0 saturated carbocycles. The molecule has 0 aliphatic heterocycles. The van der Waals surface area contributed by atoms with Crippen LogP contribution in [0.15, 0.2) is 34.9 Å². The molecule has 1 aromatic heterocycles. The second kappa shape index (κ2) is 4.69. The van der Waals surface area contributed by atoms with Crippen molar-refractivity contribution in [2.75, 3.05) is 5.73 Å². The highest BCUT2D eigenvalue weighted by atomic mass is 16.4. The number of carbonyl (C=O) groups is 1. The van der Waals surface area contributed by atoms with E-state index in [2.05, 4.69) is 10.3 Å². The van der Waals surface area contributed by atoms with Gasteiger partial charge < -0.3 is 15.5 Å². The van der Waals surface area contributed by atoms with Gasteiger partial charge in [-0.05, 0) is 18.1 Å². The molecule has 0 aliphatic carbocycles. The number of hydrogen-bond donors (Lipinski definition) is 2. The summed E-state index contributed by atoms with van der Waals surface area (Å²) in [5, 5.41) is 2.75. The summed E-state index contributed by atoms with van der Waals surface area (Å²) in [6.45, 7) is 2.45. The SMILES string of the molecule is Cc1ccccc1CNC(=O)c1coc(N)n1. The molecule has 5 heteroatoms. The summed E-state index contributed by atoms with van der Waals surface area (Å²) >= 11 is 0. The first-order chi connectivity index (χ1) is 8.16. The molecule has 0 radical (unpaired) electrons. The summed E-state index contributed by atoms with van der Waals surface area (Å²) < 4.78 is 4.77. The Morgan fingerprint density at radius 3 is 2.88 bits per heavy atom. The number of rotatable bonds is 3. The Morgan fingerprint density at radius 2 is 2.24 bits per heavy atom. The van der Waals surface area contributed by atoms with Crippen LogP contribution in [0.4, 0.5) is 6.01 Å². The molecular weight excluding hydrogens is 218 g/mol. The number of nitrogens with two attached hydrogens (primary N) is 1. The Morgan fingerprint density at radius 1 is 1.47 bits per heavy atom. The molecule has 0 bridgehead atoms. The smallest absolute Gasteiger partial charge is 0.292 e. The van der Waals surface area contributed by atoms with Gasteiger partial charge in [-0.3, -0.25) is 4.79 Å². The number of anilines is 1. The first-order valence-corrected chi connectivity index (χ1v) is 5.20. The molecule has 2 aromatic rings. The maximum atomic E-state index is 11.7. The number of nitrogens with zero attached hydrogens (tertiary/aromatic N) is 1. The maximum Gasteiger partial charge on any atom is 0.292 e. The van der Waals surface area contributed by atoms with E-state index < -0.39 is 0 Å². The Kier molecular flexibility index (Phi) is 3.09. The van der Waals surface area contributed by atoms with Crippen LogP contribution in [0.3, 0.4) is 0 Å². The number of nitrogen functional groups attached to an aromatic ring is 1. The van der Waals surface area contributed by atoms with Crippen LogP contribution in [0.2, 0.25) is 0 Å². The summed E-state index contributed by atoms with van der Waals surface area (Å²) in [6, 6.07) is 7.84. The Hall–Kier alpha value is -2.30. The van der Waals surface area contributed by atoms with Crippen molar-refractivity contribution < 1.29 is 9.21 Å². The number of amides is 1. The lowest BCUT2D eigenvalue weighted by molar-refractivity contribution is 0.0946. The second-order valence-electron chi connectivity index (χ2n) is 3.68. The summed E-state index contributed by atoms with van der Waals surface area (Å²) in [7, 11) is 0. The molecule has 88 valence electrons. The van der Waals surface area contributed by atoms with Crippen molar-refractivity contribution >= 4 is 11.9 Å². The van der Waals surface area contributed by atoms with Gasteiger partial charge in [-0.15, -0.1) is 0 Å². The molecular formula is C12H13N3O2. The number of oxazole rings is 1. The quantitative estimate of drug-likeness (QED) is 0.838. The van der Waals surface area contributed by atoms with E-state index in [4.69, 9.17) is 10.2 Å². The van der Waals surface area contributed by atoms with Crippen molar-refractivity contribution in [2.24, 2.45) is 0 Å². The highest BCUT2D eigenvalue weighted by Crippen LogP contribution is 2.07. The van der Waals surface area contributed by atoms with Crippen molar-refractivity contribution in [1.29, 1.82) is 0 Å². The Labute approximate surface area is 98.6 Å². The lowest BCUT2D eigenvalue weighted by atomic mass is 10.1. The van der Waals surface area contributed by atoms with Gasteiger partial charge in [0.2, 0.25) is 0 Å². The molecule has 0 spiro atoms. The number of hydrogen-bond acceptors (Lipinski definition) is 4. The van der Waals surface area contributed by atoms with E-state index in [1.54, 1.807) is 0 Å². The first kappa shape index (κ1) is 11.2. The van der Waals surface area contributed by atoms with Crippen LogP contribution in [0, 0.1) is 6.92 Å². The van der Waals surface area contributed by atoms with Crippen LogP contribution in [0.5, 0.6) is 0 Å². The van der Waals surface area contributed by atoms with E-state index in [1.165, 1.54) is 6.26 Å². The Balaban J connectivity index is 1.99. The zero-order chi connectivity index (χ0) is 12.3. The van der Waals surface area contributed by atoms with Crippen LogP contribution < -0.4 is 11.1 Å². The van der Waals surface area contributed by atoms with Crippen LogP contribution in [-0.4, -0.2) is 10.9 Å². The molecule has 0 unspecified atom stereocenters. The van der Waals surface area contributed by atoms with E-state index in [9.17, 15) is 4.79 Å². The van der Waals surface area contributed by atoms with E-state index in [1.807, 2.05) is 31.2 Å². The monoisotopic (exact) mass is 231 g/mol. The minimum Gasteiger partial charge on any atom is -0.431 e. The van der Waals surface area contributed by atoms with Gasteiger partial charge in [0.05, 0.1) is 0 Å². The average Bonchev–Trinajstić information content (AvgIpc) is 2.74. The van der Waals surface area contributed by atoms with Gasteiger partial charge in [-0.25, -0.2) is 0 Å². The lowest BCUT2D eigenvalue weighted by Gasteiger charge is -2.05. The van der Waals surface area contributed by atoms with Crippen LogP contribution in [0.1, 0.15) is 21.6 Å².